The molecule has 31 heavy (non-hydrogen) atoms. The molecule has 0 unspecified atom stereocenters. The van der Waals surface area contributed by atoms with Crippen LogP contribution in [0, 0.1) is 11.3 Å². The molecule has 0 saturated carbocycles. The maximum Gasteiger partial charge on any atom is 0.308 e. The minimum Gasteiger partial charge on any atom is -0.458 e. The maximum atomic E-state index is 13.0. The van der Waals surface area contributed by atoms with Gasteiger partial charge in [0.15, 0.2) is 6.61 Å². The highest BCUT2D eigenvalue weighted by molar-refractivity contribution is 5.99. The van der Waals surface area contributed by atoms with Crippen molar-refractivity contribution in [1.82, 2.24) is 0 Å². The lowest BCUT2D eigenvalue weighted by Gasteiger charge is -2.45. The van der Waals surface area contributed by atoms with E-state index in [1.807, 2.05) is 44.2 Å². The number of Topliss-reactive ketones (excluding diaryl/α,β-unsaturated/α-hetero) is 1. The molecule has 0 aromatic heterocycles. The van der Waals surface area contributed by atoms with Gasteiger partial charge in [-0.05, 0) is 52.4 Å². The highest BCUT2D eigenvalue weighted by Gasteiger charge is 2.61. The average Bonchev–Trinajstić information content (AvgIpc) is 2.92. The molecule has 6 heteroatoms. The van der Waals surface area contributed by atoms with Crippen LogP contribution < -0.4 is 4.74 Å². The zero-order valence-electron chi connectivity index (χ0n) is 18.2. The van der Waals surface area contributed by atoms with Gasteiger partial charge < -0.3 is 14.6 Å². The summed E-state index contributed by atoms with van der Waals surface area (Å²) in [4.78, 5) is 35.4. The Labute approximate surface area is 180 Å². The fourth-order valence-corrected chi connectivity index (χ4v) is 5.31. The molecule has 0 amide bonds. The predicted octanol–water partition coefficient (Wildman–Crippen LogP) is 3.61. The lowest BCUT2D eigenvalue weighted by Crippen LogP contribution is -2.56. The molecule has 1 N–H and O–H groups in total. The summed E-state index contributed by atoms with van der Waals surface area (Å²) in [5, 5.41) is 13.6. The van der Waals surface area contributed by atoms with Crippen molar-refractivity contribution in [3.63, 3.8) is 0 Å². The number of rotatable bonds is 4. The largest absolute Gasteiger partial charge is 0.458 e. The second-order valence-corrected chi connectivity index (χ2v) is 8.74. The third-order valence-corrected chi connectivity index (χ3v) is 6.87. The number of aliphatic hydroxyl groups is 1. The lowest BCUT2D eigenvalue weighted by atomic mass is 9.60. The van der Waals surface area contributed by atoms with Crippen LogP contribution in [-0.4, -0.2) is 35.0 Å². The third kappa shape index (κ3) is 3.17. The van der Waals surface area contributed by atoms with Crippen molar-refractivity contribution < 1.29 is 29.0 Å². The van der Waals surface area contributed by atoms with Crippen LogP contribution in [-0.2, 0) is 25.5 Å². The van der Waals surface area contributed by atoms with E-state index in [-0.39, 0.29) is 5.97 Å². The molecule has 0 spiro atoms. The summed E-state index contributed by atoms with van der Waals surface area (Å²) in [7, 11) is 0. The van der Waals surface area contributed by atoms with E-state index in [2.05, 4.69) is 0 Å². The van der Waals surface area contributed by atoms with E-state index in [4.69, 9.17) is 9.47 Å². The molecule has 0 aliphatic heterocycles. The molecule has 0 saturated heterocycles. The molecule has 6 nitrogen and oxygen atoms in total. The molecular weight excluding hydrogens is 396 g/mol. The number of esters is 2. The summed E-state index contributed by atoms with van der Waals surface area (Å²) in [6, 6.07) is 9.55. The van der Waals surface area contributed by atoms with E-state index in [1.54, 1.807) is 6.07 Å². The van der Waals surface area contributed by atoms with E-state index < -0.39 is 35.3 Å². The van der Waals surface area contributed by atoms with Crippen molar-refractivity contribution in [3.8, 4) is 5.75 Å². The first-order chi connectivity index (χ1) is 14.6. The van der Waals surface area contributed by atoms with Crippen molar-refractivity contribution in [3.05, 3.63) is 47.5 Å². The molecule has 2 aliphatic carbocycles. The molecule has 2 aromatic rings. The van der Waals surface area contributed by atoms with Gasteiger partial charge in [-0.15, -0.1) is 0 Å². The van der Waals surface area contributed by atoms with Crippen LogP contribution in [0.1, 0.15) is 45.2 Å². The first kappa shape index (κ1) is 21.2. The summed E-state index contributed by atoms with van der Waals surface area (Å²) in [5.74, 6) is -1.30. The monoisotopic (exact) mass is 422 g/mol. The topological polar surface area (TPSA) is 89.9 Å². The van der Waals surface area contributed by atoms with Crippen LogP contribution in [0.3, 0.4) is 0 Å². The Kier molecular flexibility index (Phi) is 5.01. The molecule has 0 fully saturated rings. The van der Waals surface area contributed by atoms with Gasteiger partial charge in [-0.1, -0.05) is 38.1 Å². The second-order valence-electron chi connectivity index (χ2n) is 8.74. The first-order valence-corrected chi connectivity index (χ1v) is 10.4. The van der Waals surface area contributed by atoms with E-state index in [0.717, 1.165) is 27.5 Å². The lowest BCUT2D eigenvalue weighted by molar-refractivity contribution is -0.162. The SMILES string of the molecule is CC(=O)OCC(=O)[C@@]1(O)[C@@H](C)C=C2c3ccc4cc(OC(C)=O)ccc4c3CC[C@@]21C. The molecule has 4 rings (SSSR count). The van der Waals surface area contributed by atoms with Gasteiger partial charge in [-0.2, -0.15) is 0 Å². The van der Waals surface area contributed by atoms with Crippen molar-refractivity contribution in [2.45, 2.75) is 46.1 Å². The number of ketones is 1. The number of hydrogen-bond acceptors (Lipinski definition) is 6. The van der Waals surface area contributed by atoms with Crippen LogP contribution in [0.25, 0.3) is 16.3 Å². The summed E-state index contributed by atoms with van der Waals surface area (Å²) >= 11 is 0. The highest BCUT2D eigenvalue weighted by atomic mass is 16.5. The number of fused-ring (bicyclic) bond motifs is 5. The molecule has 0 radical (unpaired) electrons. The van der Waals surface area contributed by atoms with Gasteiger partial charge >= 0.3 is 11.9 Å². The van der Waals surface area contributed by atoms with Crippen molar-refractivity contribution in [2.24, 2.45) is 11.3 Å². The fraction of sp³-hybridized carbons (Fsp3) is 0.400. The summed E-state index contributed by atoms with van der Waals surface area (Å²) in [6.07, 6.45) is 3.25. The minimum atomic E-state index is -1.64. The molecule has 2 aliphatic rings. The Morgan fingerprint density at radius 3 is 2.55 bits per heavy atom. The van der Waals surface area contributed by atoms with Crippen molar-refractivity contribution in [1.29, 1.82) is 0 Å². The van der Waals surface area contributed by atoms with Gasteiger partial charge in [-0.25, -0.2) is 0 Å². The maximum absolute atomic E-state index is 13.0. The summed E-state index contributed by atoms with van der Waals surface area (Å²) in [5.41, 5.74) is 0.709. The van der Waals surface area contributed by atoms with Gasteiger partial charge in [0.25, 0.3) is 0 Å². The highest BCUT2D eigenvalue weighted by Crippen LogP contribution is 2.59. The van der Waals surface area contributed by atoms with E-state index >= 15 is 0 Å². The number of hydrogen-bond donors (Lipinski definition) is 1. The van der Waals surface area contributed by atoms with Crippen LogP contribution in [0.5, 0.6) is 5.75 Å². The van der Waals surface area contributed by atoms with Gasteiger partial charge in [0.1, 0.15) is 11.4 Å². The van der Waals surface area contributed by atoms with Crippen molar-refractivity contribution >= 4 is 34.1 Å². The Hall–Kier alpha value is -2.99. The van der Waals surface area contributed by atoms with Gasteiger partial charge in [-0.3, -0.25) is 14.4 Å². The third-order valence-electron chi connectivity index (χ3n) is 6.87. The van der Waals surface area contributed by atoms with Crippen LogP contribution in [0.4, 0.5) is 0 Å². The Morgan fingerprint density at radius 1 is 1.13 bits per heavy atom. The van der Waals surface area contributed by atoms with Crippen LogP contribution in [0.15, 0.2) is 36.4 Å². The number of benzene rings is 2. The molecule has 0 heterocycles. The quantitative estimate of drug-likeness (QED) is 0.598. The van der Waals surface area contributed by atoms with E-state index in [9.17, 15) is 19.5 Å². The number of carbonyl (C=O) groups is 3. The normalized spacial score (nSPS) is 26.6. The number of carbonyl (C=O) groups excluding carboxylic acids is 3. The van der Waals surface area contributed by atoms with Gasteiger partial charge in [0.05, 0.1) is 0 Å². The van der Waals surface area contributed by atoms with Gasteiger partial charge in [0, 0.05) is 25.2 Å². The Bertz CT molecular complexity index is 1150. The molecular formula is C25H26O6. The molecule has 0 bridgehead atoms. The van der Waals surface area contributed by atoms with Gasteiger partial charge in [0.2, 0.25) is 5.78 Å². The number of aryl methyl sites for hydroxylation is 1. The molecule has 162 valence electrons. The molecule has 3 atom stereocenters. The second kappa shape index (κ2) is 7.31. The minimum absolute atomic E-state index is 0.365. The summed E-state index contributed by atoms with van der Waals surface area (Å²) < 4.78 is 10.1. The van der Waals surface area contributed by atoms with Crippen LogP contribution in [0.2, 0.25) is 0 Å². The van der Waals surface area contributed by atoms with Crippen molar-refractivity contribution in [2.75, 3.05) is 6.61 Å². The zero-order chi connectivity index (χ0) is 22.6. The number of ether oxygens (including phenoxy) is 2. The fourth-order valence-electron chi connectivity index (χ4n) is 5.31. The van der Waals surface area contributed by atoms with E-state index in [1.165, 1.54) is 13.8 Å². The smallest absolute Gasteiger partial charge is 0.308 e. The predicted molar refractivity (Wildman–Crippen MR) is 115 cm³/mol. The Morgan fingerprint density at radius 2 is 1.87 bits per heavy atom. The Balaban J connectivity index is 1.76. The zero-order valence-corrected chi connectivity index (χ0v) is 18.2. The average molecular weight is 422 g/mol. The first-order valence-electron chi connectivity index (χ1n) is 10.4. The molecule has 2 aromatic carbocycles. The summed E-state index contributed by atoms with van der Waals surface area (Å²) in [6.45, 7) is 5.93. The van der Waals surface area contributed by atoms with E-state index in [0.29, 0.717) is 18.6 Å². The van der Waals surface area contributed by atoms with Crippen LogP contribution >= 0.6 is 0 Å². The standard InChI is InChI=1S/C25H26O6/c1-14-11-22-21-7-5-17-12-18(31-16(3)27)6-8-19(17)20(21)9-10-24(22,4)25(14,29)23(28)13-30-15(2)26/h5-8,11-12,14,29H,9-10,13H2,1-4H3/t14-,24-,25-/m0/s1.